The number of aryl methyl sites for hydroxylation is 1. The molecule has 0 aliphatic rings. The number of carbonyl (C=O) groups is 1. The predicted molar refractivity (Wildman–Crippen MR) is 134 cm³/mol. The van der Waals surface area contributed by atoms with Crippen molar-refractivity contribution in [2.45, 2.75) is 31.1 Å². The van der Waals surface area contributed by atoms with E-state index in [0.29, 0.717) is 22.3 Å². The van der Waals surface area contributed by atoms with Crippen LogP contribution in [0.25, 0.3) is 10.2 Å². The van der Waals surface area contributed by atoms with E-state index in [4.69, 9.17) is 4.74 Å². The number of amides is 1. The molecule has 0 N–H and O–H groups in total. The average molecular weight is 490 g/mol. The van der Waals surface area contributed by atoms with Gasteiger partial charge in [0.2, 0.25) is 5.91 Å². The third-order valence-electron chi connectivity index (χ3n) is 5.29. The van der Waals surface area contributed by atoms with E-state index < -0.39 is 9.84 Å². The van der Waals surface area contributed by atoms with Crippen LogP contribution < -0.4 is 9.64 Å². The molecule has 178 valence electrons. The standard InChI is InChI=1S/C24H31N3O4S2/c1-18-11-13-19(14-12-18)33(29,30)17-6-10-22(28)27(16-7-15-26(2)3)24-25-23-20(31-4)8-5-9-21(23)32-24/h5,8-9,11-14H,6-7,10,15-17H2,1-4H3. The number of fused-ring (bicyclic) bond motifs is 1. The number of hydrogen-bond donors (Lipinski definition) is 0. The lowest BCUT2D eigenvalue weighted by Crippen LogP contribution is -2.33. The summed E-state index contributed by atoms with van der Waals surface area (Å²) in [4.78, 5) is 21.9. The molecule has 0 atom stereocenters. The first-order chi connectivity index (χ1) is 15.7. The lowest BCUT2D eigenvalue weighted by molar-refractivity contribution is -0.118. The zero-order valence-corrected chi connectivity index (χ0v) is 21.2. The summed E-state index contributed by atoms with van der Waals surface area (Å²) in [7, 11) is 2.15. The summed E-state index contributed by atoms with van der Waals surface area (Å²) in [6.07, 6.45) is 1.18. The van der Waals surface area contributed by atoms with Crippen LogP contribution in [0.4, 0.5) is 5.13 Å². The number of aromatic nitrogens is 1. The van der Waals surface area contributed by atoms with Crippen molar-refractivity contribution >= 4 is 42.4 Å². The molecule has 0 aliphatic carbocycles. The van der Waals surface area contributed by atoms with Crippen molar-refractivity contribution in [1.29, 1.82) is 0 Å². The number of benzene rings is 2. The second-order valence-corrected chi connectivity index (χ2v) is 11.4. The van der Waals surface area contributed by atoms with Crippen LogP contribution in [-0.2, 0) is 14.6 Å². The molecular formula is C24H31N3O4S2. The zero-order valence-electron chi connectivity index (χ0n) is 19.6. The van der Waals surface area contributed by atoms with E-state index in [-0.39, 0.29) is 24.5 Å². The molecular weight excluding hydrogens is 458 g/mol. The van der Waals surface area contributed by atoms with Gasteiger partial charge in [0.25, 0.3) is 0 Å². The number of methoxy groups -OCH3 is 1. The molecule has 2 aromatic carbocycles. The molecule has 33 heavy (non-hydrogen) atoms. The number of carbonyl (C=O) groups excluding carboxylic acids is 1. The van der Waals surface area contributed by atoms with E-state index in [9.17, 15) is 13.2 Å². The fourth-order valence-electron chi connectivity index (χ4n) is 3.48. The summed E-state index contributed by atoms with van der Waals surface area (Å²) in [5.74, 6) is 0.479. The van der Waals surface area contributed by atoms with Gasteiger partial charge in [0.1, 0.15) is 11.3 Å². The molecule has 0 bridgehead atoms. The maximum absolute atomic E-state index is 13.2. The van der Waals surface area contributed by atoms with E-state index in [0.717, 1.165) is 28.7 Å². The smallest absolute Gasteiger partial charge is 0.228 e. The Morgan fingerprint density at radius 2 is 1.79 bits per heavy atom. The van der Waals surface area contributed by atoms with E-state index >= 15 is 0 Å². The van der Waals surface area contributed by atoms with Gasteiger partial charge in [0, 0.05) is 13.0 Å². The monoisotopic (exact) mass is 489 g/mol. The van der Waals surface area contributed by atoms with E-state index in [1.165, 1.54) is 11.3 Å². The number of para-hydroxylation sites is 1. The summed E-state index contributed by atoms with van der Waals surface area (Å²) in [6.45, 7) is 3.27. The Kier molecular flexibility index (Phi) is 8.45. The highest BCUT2D eigenvalue weighted by Gasteiger charge is 2.22. The molecule has 9 heteroatoms. The number of rotatable bonds is 11. The number of hydrogen-bond acceptors (Lipinski definition) is 7. The maximum atomic E-state index is 13.2. The average Bonchev–Trinajstić information content (AvgIpc) is 3.20. The van der Waals surface area contributed by atoms with E-state index in [1.807, 2.05) is 39.2 Å². The van der Waals surface area contributed by atoms with Gasteiger partial charge in [-0.3, -0.25) is 9.69 Å². The fraction of sp³-hybridized carbons (Fsp3) is 0.417. The molecule has 3 aromatic rings. The lowest BCUT2D eigenvalue weighted by Gasteiger charge is -2.21. The second-order valence-electron chi connectivity index (χ2n) is 8.24. The summed E-state index contributed by atoms with van der Waals surface area (Å²) in [5.41, 5.74) is 1.73. The van der Waals surface area contributed by atoms with Crippen LogP contribution in [0.3, 0.4) is 0 Å². The van der Waals surface area contributed by atoms with Crippen LogP contribution in [0.2, 0.25) is 0 Å². The van der Waals surface area contributed by atoms with Crippen molar-refractivity contribution < 1.29 is 17.9 Å². The van der Waals surface area contributed by atoms with Gasteiger partial charge in [-0.2, -0.15) is 0 Å². The van der Waals surface area contributed by atoms with Crippen LogP contribution in [-0.4, -0.2) is 64.3 Å². The van der Waals surface area contributed by atoms with Gasteiger partial charge >= 0.3 is 0 Å². The number of anilines is 1. The number of ether oxygens (including phenoxy) is 1. The van der Waals surface area contributed by atoms with Gasteiger partial charge < -0.3 is 9.64 Å². The Morgan fingerprint density at radius 3 is 2.45 bits per heavy atom. The first-order valence-electron chi connectivity index (χ1n) is 10.9. The molecule has 0 saturated heterocycles. The Balaban J connectivity index is 1.73. The van der Waals surface area contributed by atoms with Gasteiger partial charge in [-0.25, -0.2) is 13.4 Å². The van der Waals surface area contributed by atoms with Gasteiger partial charge in [-0.05, 0) is 64.7 Å². The highest BCUT2D eigenvalue weighted by atomic mass is 32.2. The van der Waals surface area contributed by atoms with Gasteiger partial charge in [-0.15, -0.1) is 0 Å². The summed E-state index contributed by atoms with van der Waals surface area (Å²) in [6, 6.07) is 12.5. The van der Waals surface area contributed by atoms with E-state index in [2.05, 4.69) is 9.88 Å². The van der Waals surface area contributed by atoms with Crippen LogP contribution >= 0.6 is 11.3 Å². The van der Waals surface area contributed by atoms with Crippen LogP contribution in [0.1, 0.15) is 24.8 Å². The molecule has 0 saturated carbocycles. The maximum Gasteiger partial charge on any atom is 0.228 e. The van der Waals surface area contributed by atoms with Crippen molar-refractivity contribution in [2.24, 2.45) is 0 Å². The molecule has 7 nitrogen and oxygen atoms in total. The molecule has 1 heterocycles. The SMILES string of the molecule is COc1cccc2sc(N(CCCN(C)C)C(=O)CCCS(=O)(=O)c3ccc(C)cc3)nc12. The Hall–Kier alpha value is -2.49. The molecule has 0 unspecified atom stereocenters. The molecule has 3 rings (SSSR count). The highest BCUT2D eigenvalue weighted by Crippen LogP contribution is 2.34. The first-order valence-corrected chi connectivity index (χ1v) is 13.4. The largest absolute Gasteiger partial charge is 0.494 e. The van der Waals surface area contributed by atoms with Crippen LogP contribution in [0, 0.1) is 6.92 Å². The van der Waals surface area contributed by atoms with Crippen LogP contribution in [0.15, 0.2) is 47.4 Å². The quantitative estimate of drug-likeness (QED) is 0.403. The lowest BCUT2D eigenvalue weighted by atomic mass is 10.2. The Bertz CT molecular complexity index is 1190. The Labute approximate surface area is 199 Å². The zero-order chi connectivity index (χ0) is 24.0. The minimum Gasteiger partial charge on any atom is -0.494 e. The van der Waals surface area contributed by atoms with Crippen LogP contribution in [0.5, 0.6) is 5.75 Å². The van der Waals surface area contributed by atoms with Gasteiger partial charge in [0.05, 0.1) is 22.5 Å². The molecule has 0 fully saturated rings. The highest BCUT2D eigenvalue weighted by molar-refractivity contribution is 7.91. The molecule has 0 radical (unpaired) electrons. The minimum atomic E-state index is -3.43. The van der Waals surface area contributed by atoms with Crippen molar-refractivity contribution in [1.82, 2.24) is 9.88 Å². The van der Waals surface area contributed by atoms with Gasteiger partial charge in [-0.1, -0.05) is 35.1 Å². The third-order valence-corrected chi connectivity index (χ3v) is 8.15. The molecule has 0 aliphatic heterocycles. The molecule has 0 spiro atoms. The normalized spacial score (nSPS) is 11.8. The fourth-order valence-corrected chi connectivity index (χ4v) is 5.81. The topological polar surface area (TPSA) is 79.8 Å². The van der Waals surface area contributed by atoms with Crippen molar-refractivity contribution in [3.63, 3.8) is 0 Å². The second kappa shape index (κ2) is 11.1. The summed E-state index contributed by atoms with van der Waals surface area (Å²) < 4.78 is 31.6. The number of sulfone groups is 1. The summed E-state index contributed by atoms with van der Waals surface area (Å²) in [5, 5.41) is 0.611. The summed E-state index contributed by atoms with van der Waals surface area (Å²) >= 11 is 1.44. The molecule has 1 aromatic heterocycles. The van der Waals surface area contributed by atoms with E-state index in [1.54, 1.807) is 36.3 Å². The third kappa shape index (κ3) is 6.52. The van der Waals surface area contributed by atoms with Crippen molar-refractivity contribution in [3.05, 3.63) is 48.0 Å². The Morgan fingerprint density at radius 1 is 1.06 bits per heavy atom. The number of nitrogens with zero attached hydrogens (tertiary/aromatic N) is 3. The number of thiazole rings is 1. The minimum absolute atomic E-state index is 0.0684. The predicted octanol–water partition coefficient (Wildman–Crippen LogP) is 4.15. The van der Waals surface area contributed by atoms with Gasteiger partial charge in [0.15, 0.2) is 15.0 Å². The first kappa shape index (κ1) is 25.1. The van der Waals surface area contributed by atoms with Crippen molar-refractivity contribution in [2.75, 3.05) is 44.9 Å². The molecule has 1 amide bonds. The van der Waals surface area contributed by atoms with Crippen molar-refractivity contribution in [3.8, 4) is 5.75 Å².